The lowest BCUT2D eigenvalue weighted by atomic mass is 9.92. The third-order valence-electron chi connectivity index (χ3n) is 3.96. The van der Waals surface area contributed by atoms with E-state index in [4.69, 9.17) is 5.26 Å². The van der Waals surface area contributed by atoms with E-state index in [1.807, 2.05) is 24.0 Å². The van der Waals surface area contributed by atoms with Crippen molar-refractivity contribution in [3.63, 3.8) is 0 Å². The first-order chi connectivity index (χ1) is 10.2. The second-order valence-electron chi connectivity index (χ2n) is 5.28. The number of benzene rings is 1. The average molecular weight is 280 g/mol. The van der Waals surface area contributed by atoms with Gasteiger partial charge in [-0.1, -0.05) is 0 Å². The maximum atomic E-state index is 12.3. The lowest BCUT2D eigenvalue weighted by molar-refractivity contribution is 0.0932. The van der Waals surface area contributed by atoms with Crippen molar-refractivity contribution in [3.05, 3.63) is 52.8 Å². The Morgan fingerprint density at radius 2 is 2.19 bits per heavy atom. The molecule has 1 atom stereocenters. The molecule has 5 heteroatoms. The van der Waals surface area contributed by atoms with Gasteiger partial charge in [-0.25, -0.2) is 0 Å². The van der Waals surface area contributed by atoms with E-state index in [1.54, 1.807) is 24.3 Å². The molecular weight excluding hydrogens is 264 g/mol. The van der Waals surface area contributed by atoms with Crippen LogP contribution in [0.4, 0.5) is 0 Å². The van der Waals surface area contributed by atoms with Crippen LogP contribution in [0.1, 0.15) is 46.1 Å². The number of nitrogens with one attached hydrogen (secondary N) is 1. The number of rotatable bonds is 2. The molecule has 0 saturated carbocycles. The van der Waals surface area contributed by atoms with Gasteiger partial charge >= 0.3 is 0 Å². The zero-order valence-electron chi connectivity index (χ0n) is 11.8. The molecule has 0 radical (unpaired) electrons. The van der Waals surface area contributed by atoms with Gasteiger partial charge in [0.05, 0.1) is 23.9 Å². The molecule has 106 valence electrons. The normalized spacial score (nSPS) is 16.9. The van der Waals surface area contributed by atoms with Crippen molar-refractivity contribution in [2.45, 2.75) is 25.3 Å². The number of aryl methyl sites for hydroxylation is 1. The van der Waals surface area contributed by atoms with Gasteiger partial charge < -0.3 is 5.32 Å². The Balaban J connectivity index is 1.77. The number of amides is 1. The molecule has 5 nitrogen and oxygen atoms in total. The van der Waals surface area contributed by atoms with Gasteiger partial charge in [0.15, 0.2) is 0 Å². The van der Waals surface area contributed by atoms with Crippen LogP contribution in [0.15, 0.2) is 30.5 Å². The van der Waals surface area contributed by atoms with Crippen LogP contribution in [-0.4, -0.2) is 15.7 Å². The van der Waals surface area contributed by atoms with Crippen LogP contribution in [0.25, 0.3) is 0 Å². The number of nitriles is 1. The Kier molecular flexibility index (Phi) is 3.44. The second kappa shape index (κ2) is 5.41. The topological polar surface area (TPSA) is 70.7 Å². The van der Waals surface area contributed by atoms with Gasteiger partial charge in [-0.05, 0) is 43.5 Å². The summed E-state index contributed by atoms with van der Waals surface area (Å²) in [5.41, 5.74) is 3.45. The van der Waals surface area contributed by atoms with Crippen molar-refractivity contribution in [1.82, 2.24) is 15.1 Å². The number of fused-ring (bicyclic) bond motifs is 1. The first kappa shape index (κ1) is 13.4. The Morgan fingerprint density at radius 3 is 2.90 bits per heavy atom. The highest BCUT2D eigenvalue weighted by atomic mass is 16.1. The molecule has 1 heterocycles. The average Bonchev–Trinajstić information content (AvgIpc) is 2.90. The van der Waals surface area contributed by atoms with E-state index in [9.17, 15) is 4.79 Å². The minimum Gasteiger partial charge on any atom is -0.345 e. The summed E-state index contributed by atoms with van der Waals surface area (Å²) in [6, 6.07) is 8.75. The van der Waals surface area contributed by atoms with Crippen molar-refractivity contribution in [2.75, 3.05) is 0 Å². The van der Waals surface area contributed by atoms with Crippen LogP contribution < -0.4 is 5.32 Å². The van der Waals surface area contributed by atoms with Crippen LogP contribution in [-0.2, 0) is 13.5 Å². The summed E-state index contributed by atoms with van der Waals surface area (Å²) in [6.07, 6.45) is 4.83. The zero-order chi connectivity index (χ0) is 14.8. The zero-order valence-corrected chi connectivity index (χ0v) is 11.8. The molecule has 21 heavy (non-hydrogen) atoms. The summed E-state index contributed by atoms with van der Waals surface area (Å²) >= 11 is 0. The lowest BCUT2D eigenvalue weighted by Crippen LogP contribution is -2.30. The van der Waals surface area contributed by atoms with Crippen LogP contribution in [0.2, 0.25) is 0 Å². The molecule has 0 saturated heterocycles. The first-order valence-electron chi connectivity index (χ1n) is 7.01. The fourth-order valence-corrected chi connectivity index (χ4v) is 2.79. The largest absolute Gasteiger partial charge is 0.345 e. The minimum atomic E-state index is -0.110. The SMILES string of the molecule is Cn1ncc2c1CCC[C@H]2NC(=O)c1ccc(C#N)cc1. The smallest absolute Gasteiger partial charge is 0.251 e. The molecule has 1 aromatic carbocycles. The molecule has 1 aliphatic rings. The molecule has 0 spiro atoms. The summed E-state index contributed by atoms with van der Waals surface area (Å²) < 4.78 is 1.88. The van der Waals surface area contributed by atoms with Crippen molar-refractivity contribution in [1.29, 1.82) is 5.26 Å². The lowest BCUT2D eigenvalue weighted by Gasteiger charge is -2.23. The van der Waals surface area contributed by atoms with E-state index in [0.29, 0.717) is 11.1 Å². The molecule has 1 aromatic heterocycles. The molecule has 1 amide bonds. The van der Waals surface area contributed by atoms with Crippen LogP contribution >= 0.6 is 0 Å². The first-order valence-corrected chi connectivity index (χ1v) is 7.01. The number of hydrogen-bond acceptors (Lipinski definition) is 3. The van der Waals surface area contributed by atoms with Crippen molar-refractivity contribution >= 4 is 5.91 Å². The summed E-state index contributed by atoms with van der Waals surface area (Å²) in [7, 11) is 1.93. The van der Waals surface area contributed by atoms with E-state index in [1.165, 1.54) is 5.69 Å². The number of aromatic nitrogens is 2. The third kappa shape index (κ3) is 2.52. The minimum absolute atomic E-state index is 0.0191. The quantitative estimate of drug-likeness (QED) is 0.915. The Bertz CT molecular complexity index is 709. The molecule has 1 N–H and O–H groups in total. The highest BCUT2D eigenvalue weighted by molar-refractivity contribution is 5.94. The van der Waals surface area contributed by atoms with Gasteiger partial charge in [-0.2, -0.15) is 10.4 Å². The van der Waals surface area contributed by atoms with Crippen molar-refractivity contribution < 1.29 is 4.79 Å². The fraction of sp³-hybridized carbons (Fsp3) is 0.312. The molecule has 3 rings (SSSR count). The maximum Gasteiger partial charge on any atom is 0.251 e. The van der Waals surface area contributed by atoms with E-state index in [2.05, 4.69) is 10.4 Å². The molecule has 0 fully saturated rings. The molecular formula is C16H16N4O. The summed E-state index contributed by atoms with van der Waals surface area (Å²) in [4.78, 5) is 12.3. The van der Waals surface area contributed by atoms with Gasteiger partial charge in [-0.3, -0.25) is 9.48 Å². The molecule has 0 aliphatic heterocycles. The summed E-state index contributed by atoms with van der Waals surface area (Å²) in [5, 5.41) is 16.1. The third-order valence-corrected chi connectivity index (χ3v) is 3.96. The van der Waals surface area contributed by atoms with Crippen molar-refractivity contribution in [3.8, 4) is 6.07 Å². The van der Waals surface area contributed by atoms with Crippen LogP contribution in [0.5, 0.6) is 0 Å². The summed E-state index contributed by atoms with van der Waals surface area (Å²) in [6.45, 7) is 0. The highest BCUT2D eigenvalue weighted by Crippen LogP contribution is 2.29. The predicted octanol–water partition coefficient (Wildman–Crippen LogP) is 2.10. The predicted molar refractivity (Wildman–Crippen MR) is 77.5 cm³/mol. The van der Waals surface area contributed by atoms with Crippen molar-refractivity contribution in [2.24, 2.45) is 7.05 Å². The standard InChI is InChI=1S/C16H16N4O/c1-20-15-4-2-3-14(13(15)10-18-20)19-16(21)12-7-5-11(9-17)6-8-12/h5-8,10,14H,2-4H2,1H3,(H,19,21)/t14-/m1/s1. The van der Waals surface area contributed by atoms with Gasteiger partial charge in [0.1, 0.15) is 0 Å². The fourth-order valence-electron chi connectivity index (χ4n) is 2.79. The highest BCUT2D eigenvalue weighted by Gasteiger charge is 2.24. The number of nitrogens with zero attached hydrogens (tertiary/aromatic N) is 3. The summed E-state index contributed by atoms with van der Waals surface area (Å²) in [5.74, 6) is -0.110. The van der Waals surface area contributed by atoms with Gasteiger partial charge in [0, 0.05) is 23.9 Å². The van der Waals surface area contributed by atoms with E-state index in [-0.39, 0.29) is 11.9 Å². The van der Waals surface area contributed by atoms with Crippen LogP contribution in [0.3, 0.4) is 0 Å². The van der Waals surface area contributed by atoms with E-state index < -0.39 is 0 Å². The Labute approximate surface area is 123 Å². The number of carbonyl (C=O) groups is 1. The molecule has 2 aromatic rings. The molecule has 1 aliphatic carbocycles. The van der Waals surface area contributed by atoms with Crippen LogP contribution in [0, 0.1) is 11.3 Å². The Morgan fingerprint density at radius 1 is 1.43 bits per heavy atom. The monoisotopic (exact) mass is 280 g/mol. The second-order valence-corrected chi connectivity index (χ2v) is 5.28. The number of hydrogen-bond donors (Lipinski definition) is 1. The van der Waals surface area contributed by atoms with Gasteiger partial charge in [0.2, 0.25) is 0 Å². The van der Waals surface area contributed by atoms with Gasteiger partial charge in [0.25, 0.3) is 5.91 Å². The molecule has 0 bridgehead atoms. The van der Waals surface area contributed by atoms with Gasteiger partial charge in [-0.15, -0.1) is 0 Å². The van der Waals surface area contributed by atoms with E-state index >= 15 is 0 Å². The Hall–Kier alpha value is -2.61. The van der Waals surface area contributed by atoms with E-state index in [0.717, 1.165) is 24.8 Å². The maximum absolute atomic E-state index is 12.3. The number of carbonyl (C=O) groups excluding carboxylic acids is 1. The molecule has 0 unspecified atom stereocenters.